The average molecular weight is 320 g/mol. The number of carbonyl (C=O) groups is 1. The Morgan fingerprint density at radius 3 is 2.36 bits per heavy atom. The Hall–Kier alpha value is -1.04. The van der Waals surface area contributed by atoms with Crippen LogP contribution in [0.1, 0.15) is 39.5 Å². The minimum absolute atomic E-state index is 0.0936. The summed E-state index contributed by atoms with van der Waals surface area (Å²) in [5.74, 6) is -0.0501. The molecule has 22 heavy (non-hydrogen) atoms. The Bertz CT molecular complexity index is 456. The van der Waals surface area contributed by atoms with Gasteiger partial charge in [0.25, 0.3) is 0 Å². The maximum absolute atomic E-state index is 12.8. The number of hydrogen-bond donors (Lipinski definition) is 1. The Morgan fingerprint density at radius 2 is 1.86 bits per heavy atom. The van der Waals surface area contributed by atoms with Gasteiger partial charge in [0, 0.05) is 5.57 Å². The van der Waals surface area contributed by atoms with E-state index in [1.54, 1.807) is 6.92 Å². The lowest BCUT2D eigenvalue weighted by molar-refractivity contribution is -0.260. The summed E-state index contributed by atoms with van der Waals surface area (Å²) in [6.07, 6.45) is -2.41. The van der Waals surface area contributed by atoms with E-state index in [2.05, 4.69) is 6.58 Å². The van der Waals surface area contributed by atoms with Gasteiger partial charge < -0.3 is 9.84 Å². The first kappa shape index (κ1) is 17.3. The highest BCUT2D eigenvalue weighted by Gasteiger charge is 2.55. The van der Waals surface area contributed by atoms with E-state index >= 15 is 0 Å². The molecule has 0 aromatic rings. The Morgan fingerprint density at radius 1 is 1.27 bits per heavy atom. The smallest absolute Gasteiger partial charge is 0.416 e. The van der Waals surface area contributed by atoms with Crippen molar-refractivity contribution in [2.75, 3.05) is 6.61 Å². The second kappa shape index (κ2) is 5.87. The maximum atomic E-state index is 12.8. The third kappa shape index (κ3) is 3.47. The van der Waals surface area contributed by atoms with Crippen LogP contribution < -0.4 is 0 Å². The number of halogens is 3. The summed E-state index contributed by atoms with van der Waals surface area (Å²) in [6, 6.07) is 0. The van der Waals surface area contributed by atoms with Gasteiger partial charge in [-0.3, -0.25) is 0 Å². The summed E-state index contributed by atoms with van der Waals surface area (Å²) in [5, 5.41) is 9.69. The standard InChI is InChI=1S/C16H23F3O3/c1-9(2)14(20)22-8-12-5-10-4-11(13(12)6-10)7-15(3,21)16(17,18)19/h10-13,21H,1,4-8H2,2-3H3. The van der Waals surface area contributed by atoms with Crippen LogP contribution in [-0.4, -0.2) is 29.5 Å². The number of fused-ring (bicyclic) bond motifs is 2. The number of ether oxygens (including phenoxy) is 1. The molecule has 2 fully saturated rings. The molecule has 1 N–H and O–H groups in total. The fourth-order valence-electron chi connectivity index (χ4n) is 4.01. The monoisotopic (exact) mass is 320 g/mol. The molecular weight excluding hydrogens is 297 g/mol. The van der Waals surface area contributed by atoms with Gasteiger partial charge in [-0.1, -0.05) is 6.58 Å². The maximum Gasteiger partial charge on any atom is 0.416 e. The van der Waals surface area contributed by atoms with Crippen molar-refractivity contribution in [2.45, 2.75) is 51.3 Å². The first-order valence-electron chi connectivity index (χ1n) is 7.63. The van der Waals surface area contributed by atoms with Crippen molar-refractivity contribution >= 4 is 5.97 Å². The van der Waals surface area contributed by atoms with Crippen molar-refractivity contribution in [3.8, 4) is 0 Å². The van der Waals surface area contributed by atoms with Gasteiger partial charge in [-0.15, -0.1) is 0 Å². The summed E-state index contributed by atoms with van der Waals surface area (Å²) >= 11 is 0. The van der Waals surface area contributed by atoms with Crippen molar-refractivity contribution in [1.29, 1.82) is 0 Å². The van der Waals surface area contributed by atoms with E-state index in [9.17, 15) is 23.1 Å². The molecule has 2 aliphatic carbocycles. The van der Waals surface area contributed by atoms with Gasteiger partial charge in [0.1, 0.15) is 0 Å². The lowest BCUT2D eigenvalue weighted by Crippen LogP contribution is -2.45. The zero-order valence-electron chi connectivity index (χ0n) is 12.9. The molecule has 0 heterocycles. The SMILES string of the molecule is C=C(C)C(=O)OCC1CC2CC(CC(C)(O)C(F)(F)F)C1C2. The van der Waals surface area contributed by atoms with Crippen LogP contribution in [-0.2, 0) is 9.53 Å². The first-order chi connectivity index (χ1) is 10.0. The van der Waals surface area contributed by atoms with Crippen molar-refractivity contribution in [3.05, 3.63) is 12.2 Å². The van der Waals surface area contributed by atoms with E-state index in [4.69, 9.17) is 4.74 Å². The molecule has 3 nitrogen and oxygen atoms in total. The number of carbonyl (C=O) groups excluding carboxylic acids is 1. The van der Waals surface area contributed by atoms with E-state index in [0.29, 0.717) is 11.5 Å². The topological polar surface area (TPSA) is 46.5 Å². The molecule has 0 aromatic heterocycles. The van der Waals surface area contributed by atoms with E-state index in [-0.39, 0.29) is 30.8 Å². The van der Waals surface area contributed by atoms with Gasteiger partial charge in [0.05, 0.1) is 6.61 Å². The molecule has 2 aliphatic rings. The van der Waals surface area contributed by atoms with Gasteiger partial charge >= 0.3 is 12.1 Å². The fourth-order valence-corrected chi connectivity index (χ4v) is 4.01. The largest absolute Gasteiger partial charge is 0.462 e. The summed E-state index contributed by atoms with van der Waals surface area (Å²) in [4.78, 5) is 11.4. The molecule has 6 heteroatoms. The molecule has 0 aliphatic heterocycles. The van der Waals surface area contributed by atoms with Gasteiger partial charge in [0.15, 0.2) is 5.60 Å². The molecule has 2 rings (SSSR count). The van der Waals surface area contributed by atoms with Crippen molar-refractivity contribution < 1.29 is 27.8 Å². The van der Waals surface area contributed by atoms with Crippen LogP contribution in [0.2, 0.25) is 0 Å². The molecule has 0 saturated heterocycles. The quantitative estimate of drug-likeness (QED) is 0.623. The zero-order valence-corrected chi connectivity index (χ0v) is 12.9. The molecule has 5 atom stereocenters. The molecular formula is C16H23F3O3. The second-order valence-electron chi connectivity index (χ2n) is 7.11. The van der Waals surface area contributed by atoms with E-state index < -0.39 is 17.7 Å². The van der Waals surface area contributed by atoms with Crippen LogP contribution in [0.4, 0.5) is 13.2 Å². The van der Waals surface area contributed by atoms with Crippen molar-refractivity contribution in [3.63, 3.8) is 0 Å². The van der Waals surface area contributed by atoms with Gasteiger partial charge in [-0.05, 0) is 63.2 Å². The van der Waals surface area contributed by atoms with Gasteiger partial charge in [0.2, 0.25) is 0 Å². The highest BCUT2D eigenvalue weighted by atomic mass is 19.4. The molecule has 126 valence electrons. The molecule has 0 amide bonds. The summed E-state index contributed by atoms with van der Waals surface area (Å²) in [7, 11) is 0. The van der Waals surface area contributed by atoms with E-state index in [1.807, 2.05) is 0 Å². The molecule has 0 spiro atoms. The number of rotatable bonds is 5. The van der Waals surface area contributed by atoms with E-state index in [0.717, 1.165) is 26.2 Å². The third-order valence-corrected chi connectivity index (χ3v) is 5.14. The third-order valence-electron chi connectivity index (χ3n) is 5.14. The van der Waals surface area contributed by atoms with Crippen LogP contribution in [0.3, 0.4) is 0 Å². The Labute approximate surface area is 128 Å². The minimum atomic E-state index is -4.61. The average Bonchev–Trinajstić information content (AvgIpc) is 2.92. The predicted octanol–water partition coefficient (Wildman–Crippen LogP) is 3.47. The molecule has 2 saturated carbocycles. The highest BCUT2D eigenvalue weighted by Crippen LogP contribution is 2.55. The zero-order chi connectivity index (χ0) is 16.7. The molecule has 5 unspecified atom stereocenters. The van der Waals surface area contributed by atoms with Crippen LogP contribution in [0.15, 0.2) is 12.2 Å². The normalized spacial score (nSPS) is 33.5. The van der Waals surface area contributed by atoms with Gasteiger partial charge in [-0.25, -0.2) is 4.79 Å². The lowest BCUT2D eigenvalue weighted by Gasteiger charge is -2.35. The number of aliphatic hydroxyl groups is 1. The minimum Gasteiger partial charge on any atom is -0.462 e. The van der Waals surface area contributed by atoms with Crippen LogP contribution in [0, 0.1) is 23.7 Å². The van der Waals surface area contributed by atoms with Gasteiger partial charge in [-0.2, -0.15) is 13.2 Å². The van der Waals surface area contributed by atoms with Crippen LogP contribution in [0.25, 0.3) is 0 Å². The van der Waals surface area contributed by atoms with Crippen LogP contribution >= 0.6 is 0 Å². The number of esters is 1. The van der Waals surface area contributed by atoms with Crippen molar-refractivity contribution in [2.24, 2.45) is 23.7 Å². The Balaban J connectivity index is 1.94. The summed E-state index contributed by atoms with van der Waals surface area (Å²) in [5.41, 5.74) is -2.33. The second-order valence-corrected chi connectivity index (χ2v) is 7.11. The number of alkyl halides is 3. The molecule has 0 radical (unpaired) electrons. The van der Waals surface area contributed by atoms with Crippen LogP contribution in [0.5, 0.6) is 0 Å². The number of hydrogen-bond acceptors (Lipinski definition) is 3. The van der Waals surface area contributed by atoms with E-state index in [1.165, 1.54) is 0 Å². The first-order valence-corrected chi connectivity index (χ1v) is 7.63. The fraction of sp³-hybridized carbons (Fsp3) is 0.812. The molecule has 0 aromatic carbocycles. The Kier molecular flexibility index (Phi) is 4.62. The predicted molar refractivity (Wildman–Crippen MR) is 74.9 cm³/mol. The molecule has 2 bridgehead atoms. The lowest BCUT2D eigenvalue weighted by atomic mass is 9.75. The highest BCUT2D eigenvalue weighted by molar-refractivity contribution is 5.86. The summed E-state index contributed by atoms with van der Waals surface area (Å²) in [6.45, 7) is 6.14. The summed E-state index contributed by atoms with van der Waals surface area (Å²) < 4.78 is 43.7. The van der Waals surface area contributed by atoms with Crippen molar-refractivity contribution in [1.82, 2.24) is 0 Å².